The summed E-state index contributed by atoms with van der Waals surface area (Å²) in [4.78, 5) is 16.5. The van der Waals surface area contributed by atoms with Crippen LogP contribution >= 0.6 is 34.5 Å². The van der Waals surface area contributed by atoms with E-state index in [1.165, 1.54) is 16.9 Å². The number of hydrogen-bond donors (Lipinski definition) is 1. The van der Waals surface area contributed by atoms with Crippen molar-refractivity contribution in [3.05, 3.63) is 63.5 Å². The zero-order chi connectivity index (χ0) is 18.5. The molecule has 4 nitrogen and oxygen atoms in total. The summed E-state index contributed by atoms with van der Waals surface area (Å²) in [6.45, 7) is 1.95. The number of aryl methyl sites for hydroxylation is 1. The fourth-order valence-corrected chi connectivity index (χ4v) is 3.46. The van der Waals surface area contributed by atoms with Crippen LogP contribution in [0.2, 0.25) is 10.0 Å². The van der Waals surface area contributed by atoms with Gasteiger partial charge in [-0.2, -0.15) is 0 Å². The van der Waals surface area contributed by atoms with Crippen molar-refractivity contribution >= 4 is 45.6 Å². The second-order valence-electron chi connectivity index (χ2n) is 5.50. The molecule has 134 valence electrons. The molecule has 0 atom stereocenters. The average Bonchev–Trinajstić information content (AvgIpc) is 3.09. The van der Waals surface area contributed by atoms with Crippen LogP contribution in [-0.4, -0.2) is 17.5 Å². The van der Waals surface area contributed by atoms with Crippen molar-refractivity contribution in [2.24, 2.45) is 0 Å². The van der Waals surface area contributed by atoms with Crippen LogP contribution in [-0.2, 0) is 11.2 Å². The van der Waals surface area contributed by atoms with Crippen molar-refractivity contribution in [2.75, 3.05) is 11.9 Å². The molecule has 1 N–H and O–H groups in total. The van der Waals surface area contributed by atoms with Gasteiger partial charge in [0.2, 0.25) is 0 Å². The van der Waals surface area contributed by atoms with Gasteiger partial charge in [-0.1, -0.05) is 54.4 Å². The number of carbonyl (C=O) groups is 1. The molecular weight excluding hydrogens is 391 g/mol. The lowest BCUT2D eigenvalue weighted by atomic mass is 10.1. The third kappa shape index (κ3) is 4.75. The van der Waals surface area contributed by atoms with Crippen molar-refractivity contribution in [3.8, 4) is 17.0 Å². The largest absolute Gasteiger partial charge is 0.482 e. The summed E-state index contributed by atoms with van der Waals surface area (Å²) in [5, 5.41) is 6.03. The predicted molar refractivity (Wildman–Crippen MR) is 108 cm³/mol. The van der Waals surface area contributed by atoms with Crippen molar-refractivity contribution in [1.29, 1.82) is 0 Å². The van der Waals surface area contributed by atoms with Crippen LogP contribution in [0.25, 0.3) is 11.3 Å². The fourth-order valence-electron chi connectivity index (χ4n) is 2.27. The number of thiazole rings is 1. The van der Waals surface area contributed by atoms with Gasteiger partial charge in [0.15, 0.2) is 11.7 Å². The molecule has 0 aliphatic carbocycles. The standard InChI is InChI=1S/C19H16Cl2N2O2S/c1-2-12-3-5-13(6-4-12)16-11-26-19(22-16)23-18(24)10-25-17-8-7-14(20)9-15(17)21/h3-9,11H,2,10H2,1H3,(H,22,23,24). The Labute approximate surface area is 165 Å². The summed E-state index contributed by atoms with van der Waals surface area (Å²) >= 11 is 13.2. The number of carbonyl (C=O) groups excluding carboxylic acids is 1. The Morgan fingerprint density at radius 2 is 1.96 bits per heavy atom. The average molecular weight is 407 g/mol. The molecular formula is C19H16Cl2N2O2S. The second-order valence-corrected chi connectivity index (χ2v) is 7.20. The van der Waals surface area contributed by atoms with Crippen LogP contribution in [0.4, 0.5) is 5.13 Å². The Morgan fingerprint density at radius 1 is 1.19 bits per heavy atom. The van der Waals surface area contributed by atoms with Gasteiger partial charge in [-0.25, -0.2) is 4.98 Å². The van der Waals surface area contributed by atoms with E-state index >= 15 is 0 Å². The molecule has 0 saturated heterocycles. The highest BCUT2D eigenvalue weighted by Crippen LogP contribution is 2.28. The van der Waals surface area contributed by atoms with Gasteiger partial charge in [-0.3, -0.25) is 10.1 Å². The van der Waals surface area contributed by atoms with Gasteiger partial charge in [-0.05, 0) is 30.2 Å². The molecule has 26 heavy (non-hydrogen) atoms. The lowest BCUT2D eigenvalue weighted by molar-refractivity contribution is -0.118. The first-order valence-corrected chi connectivity index (χ1v) is 9.61. The quantitative estimate of drug-likeness (QED) is 0.571. The van der Waals surface area contributed by atoms with Crippen molar-refractivity contribution in [1.82, 2.24) is 4.98 Å². The molecule has 3 aromatic rings. The number of benzene rings is 2. The molecule has 1 aromatic heterocycles. The minimum atomic E-state index is -0.307. The third-order valence-electron chi connectivity index (χ3n) is 3.66. The van der Waals surface area contributed by atoms with Gasteiger partial charge in [-0.15, -0.1) is 11.3 Å². The Bertz CT molecular complexity index is 910. The summed E-state index contributed by atoms with van der Waals surface area (Å²) in [5.74, 6) is 0.0975. The number of amides is 1. The summed E-state index contributed by atoms with van der Waals surface area (Å²) in [5.41, 5.74) is 3.12. The molecule has 3 rings (SSSR count). The Morgan fingerprint density at radius 3 is 2.65 bits per heavy atom. The van der Waals surface area contributed by atoms with Gasteiger partial charge in [0, 0.05) is 16.0 Å². The van der Waals surface area contributed by atoms with Crippen LogP contribution in [0.5, 0.6) is 5.75 Å². The SMILES string of the molecule is CCc1ccc(-c2csc(NC(=O)COc3ccc(Cl)cc3Cl)n2)cc1. The minimum Gasteiger partial charge on any atom is -0.482 e. The molecule has 0 radical (unpaired) electrons. The van der Waals surface area contributed by atoms with E-state index in [2.05, 4.69) is 29.4 Å². The molecule has 0 aliphatic heterocycles. The summed E-state index contributed by atoms with van der Waals surface area (Å²) in [6.07, 6.45) is 0.996. The highest BCUT2D eigenvalue weighted by atomic mass is 35.5. The molecule has 1 heterocycles. The maximum atomic E-state index is 12.1. The maximum Gasteiger partial charge on any atom is 0.264 e. The summed E-state index contributed by atoms with van der Waals surface area (Å²) in [6, 6.07) is 13.1. The topological polar surface area (TPSA) is 51.2 Å². The van der Waals surface area contributed by atoms with E-state index in [4.69, 9.17) is 27.9 Å². The number of nitrogens with one attached hydrogen (secondary N) is 1. The van der Waals surface area contributed by atoms with Crippen molar-refractivity contribution in [2.45, 2.75) is 13.3 Å². The first kappa shape index (κ1) is 18.7. The molecule has 0 spiro atoms. The van der Waals surface area contributed by atoms with Crippen molar-refractivity contribution in [3.63, 3.8) is 0 Å². The highest BCUT2D eigenvalue weighted by molar-refractivity contribution is 7.14. The van der Waals surface area contributed by atoms with E-state index in [0.29, 0.717) is 20.9 Å². The lowest BCUT2D eigenvalue weighted by Gasteiger charge is -2.07. The van der Waals surface area contributed by atoms with E-state index in [-0.39, 0.29) is 12.5 Å². The second kappa shape index (κ2) is 8.54. The van der Waals surface area contributed by atoms with Gasteiger partial charge >= 0.3 is 0 Å². The summed E-state index contributed by atoms with van der Waals surface area (Å²) in [7, 11) is 0. The number of hydrogen-bond acceptors (Lipinski definition) is 4. The maximum absolute atomic E-state index is 12.1. The van der Waals surface area contributed by atoms with E-state index in [9.17, 15) is 4.79 Å². The molecule has 7 heteroatoms. The zero-order valence-corrected chi connectivity index (χ0v) is 16.3. The van der Waals surface area contributed by atoms with E-state index in [1.807, 2.05) is 17.5 Å². The first-order chi connectivity index (χ1) is 12.5. The Hall–Kier alpha value is -2.08. The highest BCUT2D eigenvalue weighted by Gasteiger charge is 2.10. The van der Waals surface area contributed by atoms with Gasteiger partial charge in [0.25, 0.3) is 5.91 Å². The van der Waals surface area contributed by atoms with E-state index in [0.717, 1.165) is 17.7 Å². The van der Waals surface area contributed by atoms with E-state index < -0.39 is 0 Å². The third-order valence-corrected chi connectivity index (χ3v) is 4.95. The zero-order valence-electron chi connectivity index (χ0n) is 14.0. The van der Waals surface area contributed by atoms with E-state index in [1.54, 1.807) is 18.2 Å². The molecule has 0 unspecified atom stereocenters. The monoisotopic (exact) mass is 406 g/mol. The number of nitrogens with zero attached hydrogens (tertiary/aromatic N) is 1. The normalized spacial score (nSPS) is 10.6. The molecule has 0 saturated carbocycles. The molecule has 2 aromatic carbocycles. The van der Waals surface area contributed by atoms with Crippen LogP contribution in [0.1, 0.15) is 12.5 Å². The van der Waals surface area contributed by atoms with Gasteiger partial charge in [0.05, 0.1) is 10.7 Å². The Balaban J connectivity index is 1.58. The molecule has 0 fully saturated rings. The minimum absolute atomic E-state index is 0.165. The first-order valence-electron chi connectivity index (χ1n) is 7.97. The van der Waals surface area contributed by atoms with Crippen LogP contribution in [0, 0.1) is 0 Å². The van der Waals surface area contributed by atoms with Crippen LogP contribution < -0.4 is 10.1 Å². The smallest absolute Gasteiger partial charge is 0.264 e. The number of anilines is 1. The number of aromatic nitrogens is 1. The van der Waals surface area contributed by atoms with Gasteiger partial charge < -0.3 is 4.74 Å². The molecule has 0 aliphatic rings. The van der Waals surface area contributed by atoms with Gasteiger partial charge in [0.1, 0.15) is 5.75 Å². The fraction of sp³-hybridized carbons (Fsp3) is 0.158. The van der Waals surface area contributed by atoms with Crippen LogP contribution in [0.3, 0.4) is 0 Å². The van der Waals surface area contributed by atoms with Crippen LogP contribution in [0.15, 0.2) is 47.8 Å². The Kier molecular flexibility index (Phi) is 6.14. The van der Waals surface area contributed by atoms with Crippen molar-refractivity contribution < 1.29 is 9.53 Å². The predicted octanol–water partition coefficient (Wildman–Crippen LogP) is 5.70. The lowest BCUT2D eigenvalue weighted by Crippen LogP contribution is -2.20. The summed E-state index contributed by atoms with van der Waals surface area (Å²) < 4.78 is 5.42. The molecule has 0 bridgehead atoms. The number of halogens is 2. The number of rotatable bonds is 6. The molecule has 1 amide bonds. The number of ether oxygens (including phenoxy) is 1.